The van der Waals surface area contributed by atoms with Gasteiger partial charge in [-0.15, -0.1) is 11.3 Å². The highest BCUT2D eigenvalue weighted by Crippen LogP contribution is 2.26. The van der Waals surface area contributed by atoms with Gasteiger partial charge in [0.2, 0.25) is 5.91 Å². The van der Waals surface area contributed by atoms with E-state index in [0.29, 0.717) is 12.1 Å². The van der Waals surface area contributed by atoms with Crippen LogP contribution in [0.2, 0.25) is 0 Å². The van der Waals surface area contributed by atoms with E-state index in [9.17, 15) is 9.59 Å². The van der Waals surface area contributed by atoms with Gasteiger partial charge in [-0.1, -0.05) is 17.4 Å². The number of thiophene rings is 1. The molecule has 6 nitrogen and oxygen atoms in total. The molecule has 3 heterocycles. The SMILES string of the molecule is C[C@@H](NC(=O)c1ccc2nc(-n3cccc3)sc2c1)C(=O)NCc1cccs1. The van der Waals surface area contributed by atoms with E-state index in [1.807, 2.05) is 58.7 Å². The van der Waals surface area contributed by atoms with Crippen molar-refractivity contribution < 1.29 is 9.59 Å². The van der Waals surface area contributed by atoms with Gasteiger partial charge in [0, 0.05) is 22.8 Å². The molecule has 1 atom stereocenters. The van der Waals surface area contributed by atoms with Crippen LogP contribution in [0.25, 0.3) is 15.3 Å². The summed E-state index contributed by atoms with van der Waals surface area (Å²) in [5, 5.41) is 8.40. The molecule has 1 aromatic carbocycles. The van der Waals surface area contributed by atoms with Crippen molar-refractivity contribution in [3.63, 3.8) is 0 Å². The van der Waals surface area contributed by atoms with E-state index in [0.717, 1.165) is 20.2 Å². The van der Waals surface area contributed by atoms with Crippen LogP contribution < -0.4 is 10.6 Å². The Labute approximate surface area is 169 Å². The number of carbonyl (C=O) groups is 2. The molecule has 2 N–H and O–H groups in total. The van der Waals surface area contributed by atoms with Gasteiger partial charge in [0.05, 0.1) is 16.8 Å². The molecule has 4 aromatic rings. The lowest BCUT2D eigenvalue weighted by atomic mass is 10.2. The molecule has 0 spiro atoms. The number of rotatable bonds is 6. The van der Waals surface area contributed by atoms with Crippen LogP contribution in [0.3, 0.4) is 0 Å². The van der Waals surface area contributed by atoms with Crippen molar-refractivity contribution in [3.05, 3.63) is 70.7 Å². The van der Waals surface area contributed by atoms with Crippen molar-refractivity contribution >= 4 is 44.7 Å². The second-order valence-electron chi connectivity index (χ2n) is 6.26. The van der Waals surface area contributed by atoms with Crippen molar-refractivity contribution in [2.24, 2.45) is 0 Å². The molecule has 0 aliphatic rings. The zero-order chi connectivity index (χ0) is 19.5. The minimum atomic E-state index is -0.625. The number of hydrogen-bond acceptors (Lipinski definition) is 5. The summed E-state index contributed by atoms with van der Waals surface area (Å²) in [5.41, 5.74) is 1.35. The number of hydrogen-bond donors (Lipinski definition) is 2. The third kappa shape index (κ3) is 3.97. The lowest BCUT2D eigenvalue weighted by Gasteiger charge is -2.13. The number of benzene rings is 1. The van der Waals surface area contributed by atoms with E-state index in [1.54, 1.807) is 24.3 Å². The normalized spacial score (nSPS) is 12.0. The fraction of sp³-hybridized carbons (Fsp3) is 0.150. The molecule has 142 valence electrons. The second kappa shape index (κ2) is 7.95. The Balaban J connectivity index is 1.42. The number of nitrogens with one attached hydrogen (secondary N) is 2. The third-order valence-electron chi connectivity index (χ3n) is 4.22. The van der Waals surface area contributed by atoms with E-state index >= 15 is 0 Å². The van der Waals surface area contributed by atoms with E-state index < -0.39 is 6.04 Å². The third-order valence-corrected chi connectivity index (χ3v) is 6.13. The highest BCUT2D eigenvalue weighted by atomic mass is 32.1. The monoisotopic (exact) mass is 410 g/mol. The van der Waals surface area contributed by atoms with Gasteiger partial charge in [-0.3, -0.25) is 9.59 Å². The molecule has 3 aromatic heterocycles. The number of fused-ring (bicyclic) bond motifs is 1. The summed E-state index contributed by atoms with van der Waals surface area (Å²) in [6, 6.07) is 12.5. The maximum atomic E-state index is 12.6. The number of carbonyl (C=O) groups excluding carboxylic acids is 2. The number of amides is 2. The van der Waals surface area contributed by atoms with Gasteiger partial charge in [0.1, 0.15) is 6.04 Å². The fourth-order valence-electron chi connectivity index (χ4n) is 2.71. The molecule has 0 radical (unpaired) electrons. The van der Waals surface area contributed by atoms with Crippen molar-refractivity contribution in [2.75, 3.05) is 0 Å². The van der Waals surface area contributed by atoms with Crippen molar-refractivity contribution in [1.82, 2.24) is 20.2 Å². The predicted octanol–water partition coefficient (Wildman–Crippen LogP) is 3.58. The Hall–Kier alpha value is -2.97. The van der Waals surface area contributed by atoms with Crippen LogP contribution in [0, 0.1) is 0 Å². The van der Waals surface area contributed by atoms with Crippen LogP contribution in [0.4, 0.5) is 0 Å². The van der Waals surface area contributed by atoms with Gasteiger partial charge < -0.3 is 15.2 Å². The van der Waals surface area contributed by atoms with Crippen molar-refractivity contribution in [1.29, 1.82) is 0 Å². The number of thiazole rings is 1. The largest absolute Gasteiger partial charge is 0.349 e. The van der Waals surface area contributed by atoms with E-state index in [1.165, 1.54) is 11.3 Å². The summed E-state index contributed by atoms with van der Waals surface area (Å²) >= 11 is 3.09. The van der Waals surface area contributed by atoms with E-state index in [2.05, 4.69) is 15.6 Å². The summed E-state index contributed by atoms with van der Waals surface area (Å²) < 4.78 is 2.86. The first-order chi connectivity index (χ1) is 13.6. The van der Waals surface area contributed by atoms with E-state index in [-0.39, 0.29) is 11.8 Å². The van der Waals surface area contributed by atoms with Gasteiger partial charge >= 0.3 is 0 Å². The molecule has 0 unspecified atom stereocenters. The predicted molar refractivity (Wildman–Crippen MR) is 112 cm³/mol. The molecular weight excluding hydrogens is 392 g/mol. The summed E-state index contributed by atoms with van der Waals surface area (Å²) in [6.45, 7) is 2.14. The molecule has 8 heteroatoms. The summed E-state index contributed by atoms with van der Waals surface area (Å²) in [5.74, 6) is -0.493. The topological polar surface area (TPSA) is 76.0 Å². The molecular formula is C20H18N4O2S2. The quantitative estimate of drug-likeness (QED) is 0.510. The van der Waals surface area contributed by atoms with Gasteiger partial charge in [-0.2, -0.15) is 0 Å². The Morgan fingerprint density at radius 2 is 2.00 bits per heavy atom. The lowest BCUT2D eigenvalue weighted by Crippen LogP contribution is -2.44. The fourth-order valence-corrected chi connectivity index (χ4v) is 4.33. The van der Waals surface area contributed by atoms with Gasteiger partial charge in [0.15, 0.2) is 5.13 Å². The highest BCUT2D eigenvalue weighted by molar-refractivity contribution is 7.20. The van der Waals surface area contributed by atoms with E-state index in [4.69, 9.17) is 0 Å². The molecule has 0 saturated heterocycles. The molecule has 0 aliphatic heterocycles. The van der Waals surface area contributed by atoms with Gasteiger partial charge in [-0.05, 0) is 48.7 Å². The highest BCUT2D eigenvalue weighted by Gasteiger charge is 2.17. The molecule has 0 aliphatic carbocycles. The zero-order valence-electron chi connectivity index (χ0n) is 15.1. The summed E-state index contributed by atoms with van der Waals surface area (Å²) in [7, 11) is 0. The summed E-state index contributed by atoms with van der Waals surface area (Å²) in [6.07, 6.45) is 3.86. The smallest absolute Gasteiger partial charge is 0.251 e. The summed E-state index contributed by atoms with van der Waals surface area (Å²) in [4.78, 5) is 30.4. The Morgan fingerprint density at radius 1 is 1.18 bits per heavy atom. The average molecular weight is 411 g/mol. The molecule has 28 heavy (non-hydrogen) atoms. The zero-order valence-corrected chi connectivity index (χ0v) is 16.7. The standard InChI is InChI=1S/C20H18N4O2S2/c1-13(18(25)21-12-15-5-4-10-27-15)22-19(26)14-6-7-16-17(11-14)28-20(23-16)24-8-2-3-9-24/h2-11,13H,12H2,1H3,(H,21,25)(H,22,26)/t13-/m1/s1. The van der Waals surface area contributed by atoms with Crippen LogP contribution in [-0.4, -0.2) is 27.4 Å². The van der Waals surface area contributed by atoms with Crippen molar-refractivity contribution in [2.45, 2.75) is 19.5 Å². The minimum absolute atomic E-state index is 0.212. The molecule has 4 rings (SSSR count). The average Bonchev–Trinajstić information content (AvgIpc) is 3.46. The Bertz CT molecular complexity index is 1100. The molecule has 2 amide bonds. The molecule has 0 saturated carbocycles. The van der Waals surface area contributed by atoms with Crippen molar-refractivity contribution in [3.8, 4) is 5.13 Å². The maximum absolute atomic E-state index is 12.6. The van der Waals surface area contributed by atoms with Crippen LogP contribution in [0.1, 0.15) is 22.2 Å². The first kappa shape index (κ1) is 18.4. The maximum Gasteiger partial charge on any atom is 0.251 e. The van der Waals surface area contributed by atoms with Gasteiger partial charge in [0.25, 0.3) is 5.91 Å². The van der Waals surface area contributed by atoms with Crippen LogP contribution in [-0.2, 0) is 11.3 Å². The molecule has 0 bridgehead atoms. The minimum Gasteiger partial charge on any atom is -0.349 e. The number of nitrogens with zero attached hydrogens (tertiary/aromatic N) is 2. The van der Waals surface area contributed by atoms with Crippen LogP contribution in [0.5, 0.6) is 0 Å². The van der Waals surface area contributed by atoms with Gasteiger partial charge in [-0.25, -0.2) is 4.98 Å². The van der Waals surface area contributed by atoms with Crippen LogP contribution >= 0.6 is 22.7 Å². The first-order valence-corrected chi connectivity index (χ1v) is 10.4. The molecule has 0 fully saturated rings. The number of aromatic nitrogens is 2. The Kier molecular flexibility index (Phi) is 5.23. The van der Waals surface area contributed by atoms with Crippen LogP contribution in [0.15, 0.2) is 60.2 Å². The Morgan fingerprint density at radius 3 is 2.75 bits per heavy atom. The second-order valence-corrected chi connectivity index (χ2v) is 8.30. The lowest BCUT2D eigenvalue weighted by molar-refractivity contribution is -0.122. The first-order valence-electron chi connectivity index (χ1n) is 8.75.